The van der Waals surface area contributed by atoms with Crippen LogP contribution in [0.15, 0.2) is 12.6 Å². The Morgan fingerprint density at radius 2 is 2.25 bits per heavy atom. The van der Waals surface area contributed by atoms with Gasteiger partial charge in [-0.25, -0.2) is 10.2 Å². The standard InChI is InChI=1S/C9H10Cl2N2O2S/c1-3-15-9(14)13-12-5(2)6-4-7(10)16-8(6)11/h4,12H,2-3H2,1H3,(H,13,14). The van der Waals surface area contributed by atoms with Crippen LogP contribution in [0, 0.1) is 0 Å². The molecule has 1 heterocycles. The van der Waals surface area contributed by atoms with Crippen molar-refractivity contribution in [2.24, 2.45) is 0 Å². The summed E-state index contributed by atoms with van der Waals surface area (Å²) >= 11 is 12.9. The molecule has 16 heavy (non-hydrogen) atoms. The molecule has 1 rings (SSSR count). The minimum Gasteiger partial charge on any atom is -0.449 e. The Kier molecular flexibility index (Phi) is 4.92. The quantitative estimate of drug-likeness (QED) is 0.833. The van der Waals surface area contributed by atoms with E-state index in [4.69, 9.17) is 23.2 Å². The Morgan fingerprint density at radius 1 is 1.56 bits per heavy atom. The second kappa shape index (κ2) is 5.98. The monoisotopic (exact) mass is 280 g/mol. The fourth-order valence-corrected chi connectivity index (χ4v) is 2.42. The Bertz CT molecular complexity index is 406. The van der Waals surface area contributed by atoms with Crippen LogP contribution in [0.2, 0.25) is 8.67 Å². The molecule has 0 fully saturated rings. The summed E-state index contributed by atoms with van der Waals surface area (Å²) in [6.45, 7) is 5.72. The predicted octanol–water partition coefficient (Wildman–Crippen LogP) is 3.28. The maximum atomic E-state index is 11.0. The molecule has 0 aliphatic carbocycles. The van der Waals surface area contributed by atoms with Crippen LogP contribution in [0.1, 0.15) is 12.5 Å². The number of halogens is 2. The molecule has 0 aliphatic rings. The van der Waals surface area contributed by atoms with Crippen molar-refractivity contribution >= 4 is 46.3 Å². The zero-order valence-corrected chi connectivity index (χ0v) is 10.8. The molecule has 1 amide bonds. The summed E-state index contributed by atoms with van der Waals surface area (Å²) in [6.07, 6.45) is -0.582. The molecule has 7 heteroatoms. The summed E-state index contributed by atoms with van der Waals surface area (Å²) in [7, 11) is 0. The van der Waals surface area contributed by atoms with Crippen molar-refractivity contribution in [1.82, 2.24) is 10.9 Å². The molecule has 0 radical (unpaired) electrons. The topological polar surface area (TPSA) is 50.4 Å². The average molecular weight is 281 g/mol. The zero-order valence-electron chi connectivity index (χ0n) is 8.47. The van der Waals surface area contributed by atoms with Gasteiger partial charge in [-0.05, 0) is 13.0 Å². The molecule has 0 spiro atoms. The zero-order chi connectivity index (χ0) is 12.1. The van der Waals surface area contributed by atoms with Gasteiger partial charge in [0.2, 0.25) is 0 Å². The van der Waals surface area contributed by atoms with Crippen LogP contribution in [0.5, 0.6) is 0 Å². The Hall–Kier alpha value is -0.910. The van der Waals surface area contributed by atoms with Gasteiger partial charge in [0, 0.05) is 5.56 Å². The molecule has 1 aromatic heterocycles. The van der Waals surface area contributed by atoms with Crippen LogP contribution in [0.3, 0.4) is 0 Å². The molecule has 0 aliphatic heterocycles. The van der Waals surface area contributed by atoms with Crippen LogP contribution in [-0.2, 0) is 4.74 Å². The number of thiophene rings is 1. The highest BCUT2D eigenvalue weighted by molar-refractivity contribution is 7.20. The first-order chi connectivity index (χ1) is 7.54. The Balaban J connectivity index is 2.53. The van der Waals surface area contributed by atoms with Gasteiger partial charge in [-0.2, -0.15) is 0 Å². The van der Waals surface area contributed by atoms with E-state index in [1.165, 1.54) is 11.3 Å². The van der Waals surface area contributed by atoms with Gasteiger partial charge in [-0.15, -0.1) is 11.3 Å². The number of carbonyl (C=O) groups is 1. The second-order valence-electron chi connectivity index (χ2n) is 2.69. The molecule has 0 saturated heterocycles. The van der Waals surface area contributed by atoms with Gasteiger partial charge in [0.15, 0.2) is 0 Å². The highest BCUT2D eigenvalue weighted by atomic mass is 35.5. The van der Waals surface area contributed by atoms with Gasteiger partial charge in [0.05, 0.1) is 16.6 Å². The van der Waals surface area contributed by atoms with Gasteiger partial charge >= 0.3 is 6.09 Å². The molecular formula is C9H10Cl2N2O2S. The third-order valence-corrected chi connectivity index (χ3v) is 3.06. The highest BCUT2D eigenvalue weighted by Crippen LogP contribution is 2.33. The minimum atomic E-state index is -0.582. The smallest absolute Gasteiger partial charge is 0.425 e. The van der Waals surface area contributed by atoms with Crippen molar-refractivity contribution in [3.05, 3.63) is 26.9 Å². The van der Waals surface area contributed by atoms with Gasteiger partial charge in [-0.1, -0.05) is 29.8 Å². The van der Waals surface area contributed by atoms with Crippen LogP contribution >= 0.6 is 34.5 Å². The number of ether oxygens (including phenoxy) is 1. The van der Waals surface area contributed by atoms with Crippen molar-refractivity contribution in [1.29, 1.82) is 0 Å². The van der Waals surface area contributed by atoms with E-state index in [1.807, 2.05) is 0 Å². The minimum absolute atomic E-state index is 0.297. The highest BCUT2D eigenvalue weighted by Gasteiger charge is 2.09. The van der Waals surface area contributed by atoms with Crippen LogP contribution in [0.4, 0.5) is 4.79 Å². The van der Waals surface area contributed by atoms with E-state index in [0.29, 0.717) is 26.5 Å². The lowest BCUT2D eigenvalue weighted by Crippen LogP contribution is -2.36. The molecule has 0 aromatic carbocycles. The van der Waals surface area contributed by atoms with Crippen molar-refractivity contribution in [3.63, 3.8) is 0 Å². The Morgan fingerprint density at radius 3 is 2.75 bits per heavy atom. The summed E-state index contributed by atoms with van der Waals surface area (Å²) in [4.78, 5) is 11.0. The molecular weight excluding hydrogens is 271 g/mol. The molecule has 1 aromatic rings. The van der Waals surface area contributed by atoms with Crippen molar-refractivity contribution < 1.29 is 9.53 Å². The first kappa shape index (κ1) is 13.2. The number of hydrogen-bond acceptors (Lipinski definition) is 4. The van der Waals surface area contributed by atoms with E-state index in [-0.39, 0.29) is 0 Å². The van der Waals surface area contributed by atoms with Crippen molar-refractivity contribution in [2.45, 2.75) is 6.92 Å². The maximum absolute atomic E-state index is 11.0. The first-order valence-corrected chi connectivity index (χ1v) is 5.94. The summed E-state index contributed by atoms with van der Waals surface area (Å²) in [6, 6.07) is 1.66. The lowest BCUT2D eigenvalue weighted by atomic mass is 10.3. The van der Waals surface area contributed by atoms with Crippen molar-refractivity contribution in [2.75, 3.05) is 6.61 Å². The summed E-state index contributed by atoms with van der Waals surface area (Å²) in [5.41, 5.74) is 5.99. The third kappa shape index (κ3) is 3.59. The summed E-state index contributed by atoms with van der Waals surface area (Å²) < 4.78 is 5.72. The first-order valence-electron chi connectivity index (χ1n) is 4.37. The number of rotatable bonds is 4. The van der Waals surface area contributed by atoms with Gasteiger partial charge in [-0.3, -0.25) is 5.43 Å². The molecule has 0 atom stereocenters. The summed E-state index contributed by atoms with van der Waals surface area (Å²) in [5.74, 6) is 0. The fourth-order valence-electron chi connectivity index (χ4n) is 0.907. The van der Waals surface area contributed by atoms with E-state index in [1.54, 1.807) is 13.0 Å². The lowest BCUT2D eigenvalue weighted by molar-refractivity contribution is 0.149. The van der Waals surface area contributed by atoms with E-state index in [9.17, 15) is 4.79 Å². The SMILES string of the molecule is C=C(NNC(=O)OCC)c1cc(Cl)sc1Cl. The lowest BCUT2D eigenvalue weighted by Gasteiger charge is -2.09. The van der Waals surface area contributed by atoms with E-state index in [2.05, 4.69) is 22.2 Å². The largest absolute Gasteiger partial charge is 0.449 e. The predicted molar refractivity (Wildman–Crippen MR) is 66.7 cm³/mol. The van der Waals surface area contributed by atoms with Crippen LogP contribution in [-0.4, -0.2) is 12.7 Å². The van der Waals surface area contributed by atoms with E-state index < -0.39 is 6.09 Å². The van der Waals surface area contributed by atoms with Gasteiger partial charge < -0.3 is 4.74 Å². The van der Waals surface area contributed by atoms with E-state index >= 15 is 0 Å². The third-order valence-electron chi connectivity index (χ3n) is 1.57. The molecule has 2 N–H and O–H groups in total. The molecule has 0 saturated carbocycles. The normalized spacial score (nSPS) is 9.69. The summed E-state index contributed by atoms with van der Waals surface area (Å²) in [5, 5.41) is 0. The van der Waals surface area contributed by atoms with E-state index in [0.717, 1.165) is 0 Å². The number of nitrogens with one attached hydrogen (secondary N) is 2. The van der Waals surface area contributed by atoms with Gasteiger partial charge in [0.1, 0.15) is 4.34 Å². The van der Waals surface area contributed by atoms with Crippen LogP contribution in [0.25, 0.3) is 5.70 Å². The maximum Gasteiger partial charge on any atom is 0.425 e. The van der Waals surface area contributed by atoms with Crippen molar-refractivity contribution in [3.8, 4) is 0 Å². The second-order valence-corrected chi connectivity index (χ2v) is 4.97. The van der Waals surface area contributed by atoms with Crippen LogP contribution < -0.4 is 10.9 Å². The molecule has 4 nitrogen and oxygen atoms in total. The Labute approximate surface area is 107 Å². The molecule has 0 unspecified atom stereocenters. The number of hydrazine groups is 1. The van der Waals surface area contributed by atoms with Gasteiger partial charge in [0.25, 0.3) is 0 Å². The molecule has 0 bridgehead atoms. The number of hydrogen-bond donors (Lipinski definition) is 2. The number of carbonyl (C=O) groups excluding carboxylic acids is 1. The molecule has 88 valence electrons. The fraction of sp³-hybridized carbons (Fsp3) is 0.222. The number of amides is 1. The average Bonchev–Trinajstić information content (AvgIpc) is 2.55.